The third-order valence-electron chi connectivity index (χ3n) is 5.94. The maximum atomic E-state index is 13.2. The minimum absolute atomic E-state index is 0.0911. The van der Waals surface area contributed by atoms with E-state index in [-0.39, 0.29) is 28.3 Å². The Bertz CT molecular complexity index is 1290. The zero-order valence-corrected chi connectivity index (χ0v) is 17.6. The van der Waals surface area contributed by atoms with Crippen molar-refractivity contribution in [3.8, 4) is 5.75 Å². The summed E-state index contributed by atoms with van der Waals surface area (Å²) in [7, 11) is 3.14. The number of oxime groups is 1. The first-order valence-electron chi connectivity index (χ1n) is 9.90. The summed E-state index contributed by atoms with van der Waals surface area (Å²) in [6, 6.07) is 3.94. The van der Waals surface area contributed by atoms with Gasteiger partial charge in [-0.2, -0.15) is 0 Å². The third-order valence-corrected chi connectivity index (χ3v) is 6.82. The number of aromatic nitrogens is 2. The van der Waals surface area contributed by atoms with Crippen molar-refractivity contribution < 1.29 is 9.57 Å². The van der Waals surface area contributed by atoms with E-state index in [1.807, 2.05) is 6.07 Å². The fraction of sp³-hybridized carbons (Fsp3) is 0.450. The second-order valence-electron chi connectivity index (χ2n) is 7.74. The molecule has 3 heterocycles. The van der Waals surface area contributed by atoms with Crippen molar-refractivity contribution in [3.05, 3.63) is 32.7 Å². The number of aromatic amines is 1. The van der Waals surface area contributed by atoms with Crippen LogP contribution in [0.5, 0.6) is 5.75 Å². The fourth-order valence-corrected chi connectivity index (χ4v) is 5.31. The number of hydrogen-bond acceptors (Lipinski definition) is 8. The maximum Gasteiger partial charge on any atom is 0.271 e. The van der Waals surface area contributed by atoms with Gasteiger partial charge in [0.2, 0.25) is 5.43 Å². The van der Waals surface area contributed by atoms with Crippen molar-refractivity contribution in [1.29, 1.82) is 0 Å². The van der Waals surface area contributed by atoms with Gasteiger partial charge in [-0.25, -0.2) is 0 Å². The summed E-state index contributed by atoms with van der Waals surface area (Å²) in [6.45, 7) is 1.73. The molecule has 1 aromatic carbocycles. The number of fused-ring (bicyclic) bond motifs is 2. The lowest BCUT2D eigenvalue weighted by atomic mass is 10.1. The van der Waals surface area contributed by atoms with E-state index in [9.17, 15) is 9.59 Å². The van der Waals surface area contributed by atoms with Gasteiger partial charge in [0.05, 0.1) is 36.0 Å². The molecule has 1 unspecified atom stereocenters. The molecule has 0 radical (unpaired) electrons. The van der Waals surface area contributed by atoms with E-state index >= 15 is 0 Å². The molecule has 30 heavy (non-hydrogen) atoms. The first-order chi connectivity index (χ1) is 14.6. The lowest BCUT2D eigenvalue weighted by Gasteiger charge is -2.23. The molecular weight excluding hydrogens is 406 g/mol. The first kappa shape index (κ1) is 19.1. The van der Waals surface area contributed by atoms with Crippen LogP contribution in [0.15, 0.2) is 26.9 Å². The number of pyridine rings is 1. The zero-order chi connectivity index (χ0) is 21.0. The third kappa shape index (κ3) is 2.74. The predicted molar refractivity (Wildman–Crippen MR) is 118 cm³/mol. The van der Waals surface area contributed by atoms with Gasteiger partial charge >= 0.3 is 0 Å². The Balaban J connectivity index is 1.78. The van der Waals surface area contributed by atoms with Gasteiger partial charge in [0, 0.05) is 25.0 Å². The van der Waals surface area contributed by atoms with E-state index in [1.54, 1.807) is 13.2 Å². The molecule has 0 spiro atoms. The van der Waals surface area contributed by atoms with Crippen LogP contribution in [0.1, 0.15) is 18.9 Å². The Hall–Kier alpha value is -2.85. The van der Waals surface area contributed by atoms with Gasteiger partial charge in [-0.05, 0) is 36.5 Å². The lowest BCUT2D eigenvalue weighted by molar-refractivity contribution is 0.211. The second-order valence-corrected chi connectivity index (χ2v) is 8.53. The number of hydrogen-bond donors (Lipinski definition) is 2. The number of H-pyrrole nitrogens is 1. The van der Waals surface area contributed by atoms with Gasteiger partial charge in [-0.1, -0.05) is 5.16 Å². The summed E-state index contributed by atoms with van der Waals surface area (Å²) in [5.74, 6) is 0.724. The van der Waals surface area contributed by atoms with Crippen LogP contribution >= 0.6 is 11.5 Å². The smallest absolute Gasteiger partial charge is 0.271 e. The highest BCUT2D eigenvalue weighted by molar-refractivity contribution is 7.12. The molecule has 1 aliphatic carbocycles. The molecule has 2 aromatic heterocycles. The van der Waals surface area contributed by atoms with Crippen molar-refractivity contribution in [2.45, 2.75) is 18.9 Å². The second kappa shape index (κ2) is 7.13. The normalized spacial score (nSPS) is 20.6. The molecule has 1 saturated heterocycles. The van der Waals surface area contributed by atoms with E-state index in [0.29, 0.717) is 35.6 Å². The molecule has 2 fully saturated rings. The summed E-state index contributed by atoms with van der Waals surface area (Å²) >= 11 is 1.21. The van der Waals surface area contributed by atoms with E-state index < -0.39 is 0 Å². The molecule has 1 saturated carbocycles. The van der Waals surface area contributed by atoms with E-state index in [2.05, 4.69) is 19.0 Å². The van der Waals surface area contributed by atoms with Crippen LogP contribution < -0.4 is 26.4 Å². The SMILES string of the molecule is CO/N=C1\CN(c2ccc3c(=O)c4c(=O)[nH]sc4n(C4CC4)c3c2OC)CC1CN. The molecule has 3 N–H and O–H groups in total. The highest BCUT2D eigenvalue weighted by Gasteiger charge is 2.34. The minimum atomic E-state index is -0.329. The average Bonchev–Trinajstić information content (AvgIpc) is 3.39. The molecule has 158 valence electrons. The first-order valence-corrected chi connectivity index (χ1v) is 10.7. The average molecular weight is 430 g/mol. The Kier molecular flexibility index (Phi) is 4.55. The van der Waals surface area contributed by atoms with Crippen LogP contribution in [0.4, 0.5) is 5.69 Å². The fourth-order valence-electron chi connectivity index (χ4n) is 4.39. The molecule has 0 bridgehead atoms. The van der Waals surface area contributed by atoms with Crippen LogP contribution in [-0.2, 0) is 4.84 Å². The van der Waals surface area contributed by atoms with Crippen LogP contribution in [0.2, 0.25) is 0 Å². The number of benzene rings is 1. The number of nitrogens with zero attached hydrogens (tertiary/aromatic N) is 3. The summed E-state index contributed by atoms with van der Waals surface area (Å²) in [4.78, 5) is 33.3. The van der Waals surface area contributed by atoms with E-state index in [0.717, 1.165) is 29.8 Å². The molecule has 2 aliphatic rings. The monoisotopic (exact) mass is 429 g/mol. The largest absolute Gasteiger partial charge is 0.492 e. The van der Waals surface area contributed by atoms with Gasteiger partial charge in [0.25, 0.3) is 5.56 Å². The van der Waals surface area contributed by atoms with Crippen LogP contribution in [0, 0.1) is 5.92 Å². The number of nitrogens with two attached hydrogens (primary N) is 1. The van der Waals surface area contributed by atoms with Crippen molar-refractivity contribution >= 4 is 44.1 Å². The van der Waals surface area contributed by atoms with Crippen molar-refractivity contribution in [1.82, 2.24) is 8.94 Å². The molecular formula is C20H23N5O4S. The molecule has 0 amide bonds. The van der Waals surface area contributed by atoms with Gasteiger partial charge in [0.15, 0.2) is 5.75 Å². The minimum Gasteiger partial charge on any atom is -0.492 e. The Morgan fingerprint density at radius 2 is 2.10 bits per heavy atom. The van der Waals surface area contributed by atoms with E-state index in [4.69, 9.17) is 15.3 Å². The zero-order valence-electron chi connectivity index (χ0n) is 16.8. The quantitative estimate of drug-likeness (QED) is 0.596. The van der Waals surface area contributed by atoms with E-state index in [1.165, 1.54) is 18.6 Å². The lowest BCUT2D eigenvalue weighted by Crippen LogP contribution is -2.24. The van der Waals surface area contributed by atoms with Gasteiger partial charge in [-0.15, -0.1) is 0 Å². The molecule has 5 rings (SSSR count). The highest BCUT2D eigenvalue weighted by atomic mass is 32.1. The Morgan fingerprint density at radius 3 is 2.77 bits per heavy atom. The number of methoxy groups -OCH3 is 1. The van der Waals surface area contributed by atoms with Gasteiger partial charge < -0.3 is 24.8 Å². The number of anilines is 1. The Morgan fingerprint density at radius 1 is 1.30 bits per heavy atom. The van der Waals surface area contributed by atoms with Crippen molar-refractivity contribution in [3.63, 3.8) is 0 Å². The van der Waals surface area contributed by atoms with Crippen molar-refractivity contribution in [2.24, 2.45) is 16.8 Å². The van der Waals surface area contributed by atoms with Crippen molar-refractivity contribution in [2.75, 3.05) is 38.8 Å². The summed E-state index contributed by atoms with van der Waals surface area (Å²) in [6.07, 6.45) is 2.02. The maximum absolute atomic E-state index is 13.2. The highest BCUT2D eigenvalue weighted by Crippen LogP contribution is 2.45. The Labute approximate surface area is 175 Å². The molecule has 9 nitrogen and oxygen atoms in total. The molecule has 1 aliphatic heterocycles. The number of rotatable bonds is 5. The number of ether oxygens (including phenoxy) is 1. The predicted octanol–water partition coefficient (Wildman–Crippen LogP) is 1.65. The topological polar surface area (TPSA) is 115 Å². The number of nitrogens with one attached hydrogen (secondary N) is 1. The van der Waals surface area contributed by atoms with Crippen LogP contribution in [0.25, 0.3) is 21.1 Å². The van der Waals surface area contributed by atoms with Gasteiger partial charge in [-0.3, -0.25) is 14.0 Å². The van der Waals surface area contributed by atoms with Crippen LogP contribution in [0.3, 0.4) is 0 Å². The summed E-state index contributed by atoms with van der Waals surface area (Å²) < 4.78 is 10.7. The molecule has 10 heteroatoms. The summed E-state index contributed by atoms with van der Waals surface area (Å²) in [5.41, 5.74) is 7.86. The van der Waals surface area contributed by atoms with Crippen LogP contribution in [-0.4, -0.2) is 48.5 Å². The standard InChI is InChI=1S/C20H23N5O4S/c1-28-18-14(24-8-10(7-21)13(9-24)22-29-2)6-5-12-16(18)25(11-3-4-11)20-15(17(12)26)19(27)23-30-20/h5-6,10-11H,3-4,7-9,21H2,1-2H3,(H,23,27)/b22-13+. The molecule has 3 aromatic rings. The molecule has 1 atom stereocenters. The summed E-state index contributed by atoms with van der Waals surface area (Å²) in [5, 5.41) is 4.87. The van der Waals surface area contributed by atoms with Gasteiger partial charge in [0.1, 0.15) is 17.3 Å².